The summed E-state index contributed by atoms with van der Waals surface area (Å²) in [7, 11) is 4.09. The molecule has 0 spiro atoms. The molecule has 2 aromatic rings. The summed E-state index contributed by atoms with van der Waals surface area (Å²) >= 11 is 1.72. The Labute approximate surface area is 166 Å². The molecule has 2 unspecified atom stereocenters. The zero-order valence-electron chi connectivity index (χ0n) is 16.2. The number of nitrogens with one attached hydrogen (secondary N) is 2. The van der Waals surface area contributed by atoms with Crippen LogP contribution < -0.4 is 10.6 Å². The van der Waals surface area contributed by atoms with Crippen molar-refractivity contribution in [2.24, 2.45) is 0 Å². The Kier molecular flexibility index (Phi) is 7.26. The molecule has 1 aliphatic heterocycles. The normalized spacial score (nSPS) is 17.0. The number of nitrogens with zero attached hydrogens (tertiary/aromatic N) is 2. The van der Waals surface area contributed by atoms with E-state index in [1.807, 2.05) is 20.2 Å². The van der Waals surface area contributed by atoms with Crippen LogP contribution in [-0.2, 0) is 0 Å². The smallest absolute Gasteiger partial charge is 0.314 e. The van der Waals surface area contributed by atoms with Gasteiger partial charge in [-0.25, -0.2) is 4.79 Å². The molecule has 27 heavy (non-hydrogen) atoms. The van der Waals surface area contributed by atoms with E-state index in [-0.39, 0.29) is 18.1 Å². The van der Waals surface area contributed by atoms with Gasteiger partial charge in [-0.3, -0.25) is 4.90 Å². The van der Waals surface area contributed by atoms with Gasteiger partial charge in [-0.15, -0.1) is 11.3 Å². The Balaban J connectivity index is 1.54. The van der Waals surface area contributed by atoms with Crippen LogP contribution in [0.15, 0.2) is 47.8 Å². The highest BCUT2D eigenvalue weighted by Gasteiger charge is 2.24. The fraction of sp³-hybridized carbons (Fsp3) is 0.476. The van der Waals surface area contributed by atoms with Gasteiger partial charge >= 0.3 is 6.03 Å². The number of urea groups is 1. The molecular formula is C21H30N4OS. The van der Waals surface area contributed by atoms with Gasteiger partial charge in [0.25, 0.3) is 0 Å². The van der Waals surface area contributed by atoms with Crippen LogP contribution in [0.4, 0.5) is 4.79 Å². The molecule has 0 saturated carbocycles. The van der Waals surface area contributed by atoms with Gasteiger partial charge < -0.3 is 15.5 Å². The zero-order chi connectivity index (χ0) is 19.1. The van der Waals surface area contributed by atoms with E-state index in [1.165, 1.54) is 23.3 Å². The van der Waals surface area contributed by atoms with E-state index in [4.69, 9.17) is 0 Å². The average Bonchev–Trinajstić information content (AvgIpc) is 3.37. The second kappa shape index (κ2) is 9.88. The molecule has 6 heteroatoms. The zero-order valence-corrected chi connectivity index (χ0v) is 17.0. The number of likely N-dealkylation sites (tertiary alicyclic amines) is 1. The lowest BCUT2D eigenvalue weighted by atomic mass is 10.1. The van der Waals surface area contributed by atoms with Crippen LogP contribution in [-0.4, -0.2) is 56.1 Å². The van der Waals surface area contributed by atoms with Crippen LogP contribution in [0.5, 0.6) is 0 Å². The van der Waals surface area contributed by atoms with E-state index in [9.17, 15) is 4.79 Å². The van der Waals surface area contributed by atoms with Crippen LogP contribution in [0.1, 0.15) is 35.4 Å². The number of carbonyl (C=O) groups is 1. The van der Waals surface area contributed by atoms with Crippen LogP contribution >= 0.6 is 11.3 Å². The number of carbonyl (C=O) groups excluding carboxylic acids is 1. The minimum absolute atomic E-state index is 0.0986. The number of hydrogen-bond acceptors (Lipinski definition) is 4. The minimum Gasteiger partial charge on any atom is -0.336 e. The molecule has 0 radical (unpaired) electrons. The van der Waals surface area contributed by atoms with Crippen molar-refractivity contribution in [2.45, 2.75) is 24.9 Å². The number of amides is 2. The summed E-state index contributed by atoms with van der Waals surface area (Å²) in [5.41, 5.74) is 1.27. The molecule has 0 aliphatic carbocycles. The van der Waals surface area contributed by atoms with Gasteiger partial charge in [0.05, 0.1) is 12.1 Å². The summed E-state index contributed by atoms with van der Waals surface area (Å²) in [4.78, 5) is 18.3. The van der Waals surface area contributed by atoms with Crippen molar-refractivity contribution in [3.05, 3.63) is 58.3 Å². The number of rotatable bonds is 8. The second-order valence-electron chi connectivity index (χ2n) is 7.26. The monoisotopic (exact) mass is 386 g/mol. The highest BCUT2D eigenvalue weighted by atomic mass is 32.1. The summed E-state index contributed by atoms with van der Waals surface area (Å²) in [6, 6.07) is 15.0. The van der Waals surface area contributed by atoms with E-state index in [1.54, 1.807) is 11.3 Å². The predicted octanol–water partition coefficient (Wildman–Crippen LogP) is 3.49. The Morgan fingerprint density at radius 2 is 1.78 bits per heavy atom. The molecular weight excluding hydrogens is 356 g/mol. The van der Waals surface area contributed by atoms with Gasteiger partial charge in [0, 0.05) is 18.0 Å². The van der Waals surface area contributed by atoms with E-state index in [2.05, 4.69) is 62.2 Å². The molecule has 146 valence electrons. The van der Waals surface area contributed by atoms with Crippen molar-refractivity contribution in [2.75, 3.05) is 40.3 Å². The largest absolute Gasteiger partial charge is 0.336 e. The first-order chi connectivity index (χ1) is 13.1. The first-order valence-corrected chi connectivity index (χ1v) is 10.5. The number of thiophene rings is 1. The quantitative estimate of drug-likeness (QED) is 0.730. The topological polar surface area (TPSA) is 47.6 Å². The van der Waals surface area contributed by atoms with Crippen LogP contribution in [0.2, 0.25) is 0 Å². The third-order valence-corrected chi connectivity index (χ3v) is 6.15. The van der Waals surface area contributed by atoms with Gasteiger partial charge in [-0.1, -0.05) is 36.4 Å². The fourth-order valence-electron chi connectivity index (χ4n) is 3.65. The Morgan fingerprint density at radius 3 is 2.41 bits per heavy atom. The molecule has 0 bridgehead atoms. The predicted molar refractivity (Wildman–Crippen MR) is 112 cm³/mol. The highest BCUT2D eigenvalue weighted by Crippen LogP contribution is 2.24. The molecule has 1 aromatic heterocycles. The Hall–Kier alpha value is -1.89. The van der Waals surface area contributed by atoms with Gasteiger partial charge in [0.2, 0.25) is 0 Å². The minimum atomic E-state index is -0.0986. The second-order valence-corrected chi connectivity index (χ2v) is 8.23. The molecule has 2 amide bonds. The standard InChI is InChI=1S/C21H30N4OS/c1-24(2)19(20-11-8-14-27-20)16-23-21(26)22-15-18(25-12-6-7-13-25)17-9-4-3-5-10-17/h3-5,8-11,14,18-19H,6-7,12-13,15-16H2,1-2H3,(H2,22,23,26). The first-order valence-electron chi connectivity index (χ1n) is 9.65. The number of likely N-dealkylation sites (N-methyl/N-ethyl adjacent to an activating group) is 1. The number of hydrogen-bond donors (Lipinski definition) is 2. The third-order valence-electron chi connectivity index (χ3n) is 5.17. The van der Waals surface area contributed by atoms with Crippen molar-refractivity contribution < 1.29 is 4.79 Å². The maximum Gasteiger partial charge on any atom is 0.314 e. The molecule has 3 rings (SSSR count). The van der Waals surface area contributed by atoms with Crippen molar-refractivity contribution >= 4 is 17.4 Å². The lowest BCUT2D eigenvalue weighted by molar-refractivity contribution is 0.217. The molecule has 2 heterocycles. The van der Waals surface area contributed by atoms with Gasteiger partial charge in [0.1, 0.15) is 0 Å². The lowest BCUT2D eigenvalue weighted by Crippen LogP contribution is -2.43. The van der Waals surface area contributed by atoms with E-state index in [0.717, 1.165) is 13.1 Å². The van der Waals surface area contributed by atoms with Crippen LogP contribution in [0.25, 0.3) is 0 Å². The van der Waals surface area contributed by atoms with E-state index < -0.39 is 0 Å². The van der Waals surface area contributed by atoms with Gasteiger partial charge in [-0.2, -0.15) is 0 Å². The van der Waals surface area contributed by atoms with Crippen molar-refractivity contribution in [3.8, 4) is 0 Å². The molecule has 1 saturated heterocycles. The summed E-state index contributed by atoms with van der Waals surface area (Å²) in [6.45, 7) is 3.43. The van der Waals surface area contributed by atoms with E-state index >= 15 is 0 Å². The average molecular weight is 387 g/mol. The third kappa shape index (κ3) is 5.54. The Bertz CT molecular complexity index is 683. The number of benzene rings is 1. The van der Waals surface area contributed by atoms with Crippen LogP contribution in [0.3, 0.4) is 0 Å². The molecule has 5 nitrogen and oxygen atoms in total. The van der Waals surface area contributed by atoms with Crippen molar-refractivity contribution in [3.63, 3.8) is 0 Å². The maximum atomic E-state index is 12.4. The SMILES string of the molecule is CN(C)C(CNC(=O)NCC(c1ccccc1)N1CCCC1)c1cccs1. The summed E-state index contributed by atoms with van der Waals surface area (Å²) in [5, 5.41) is 8.21. The lowest BCUT2D eigenvalue weighted by Gasteiger charge is -2.28. The molecule has 1 fully saturated rings. The maximum absolute atomic E-state index is 12.4. The summed E-state index contributed by atoms with van der Waals surface area (Å²) in [5.74, 6) is 0. The first kappa shape index (κ1) is 19.9. The summed E-state index contributed by atoms with van der Waals surface area (Å²) < 4.78 is 0. The fourth-order valence-corrected chi connectivity index (χ4v) is 4.57. The molecule has 1 aliphatic rings. The highest BCUT2D eigenvalue weighted by molar-refractivity contribution is 7.10. The molecule has 1 aromatic carbocycles. The van der Waals surface area contributed by atoms with Gasteiger partial charge in [-0.05, 0) is 57.0 Å². The van der Waals surface area contributed by atoms with E-state index in [0.29, 0.717) is 13.1 Å². The molecule has 2 atom stereocenters. The van der Waals surface area contributed by atoms with Gasteiger partial charge in [0.15, 0.2) is 0 Å². The molecule has 2 N–H and O–H groups in total. The summed E-state index contributed by atoms with van der Waals surface area (Å²) in [6.07, 6.45) is 2.47. The Morgan fingerprint density at radius 1 is 1.07 bits per heavy atom. The van der Waals surface area contributed by atoms with Crippen LogP contribution in [0, 0.1) is 0 Å². The van der Waals surface area contributed by atoms with Crippen molar-refractivity contribution in [1.82, 2.24) is 20.4 Å². The van der Waals surface area contributed by atoms with Crippen molar-refractivity contribution in [1.29, 1.82) is 0 Å².